The molecule has 0 atom stereocenters. The minimum absolute atomic E-state index is 0.175. The summed E-state index contributed by atoms with van der Waals surface area (Å²) in [6.07, 6.45) is 3.00. The summed E-state index contributed by atoms with van der Waals surface area (Å²) in [5.41, 5.74) is 2.22. The number of benzene rings is 2. The predicted octanol–water partition coefficient (Wildman–Crippen LogP) is 5.11. The molecule has 2 aromatic carbocycles. The molecular formula is C23H18FNO5S. The third kappa shape index (κ3) is 4.59. The van der Waals surface area contributed by atoms with Gasteiger partial charge >= 0.3 is 5.97 Å². The lowest BCUT2D eigenvalue weighted by molar-refractivity contribution is -0.111. The number of nitrogens with one attached hydrogen (secondary N) is 1. The van der Waals surface area contributed by atoms with Gasteiger partial charge in [0.1, 0.15) is 16.4 Å². The molecule has 0 saturated carbocycles. The Morgan fingerprint density at radius 3 is 2.71 bits per heavy atom. The van der Waals surface area contributed by atoms with Crippen LogP contribution >= 0.6 is 11.3 Å². The Bertz CT molecular complexity index is 1150. The van der Waals surface area contributed by atoms with E-state index < -0.39 is 11.9 Å². The molecule has 0 saturated heterocycles. The largest absolute Gasteiger partial charge is 0.462 e. The molecule has 6 nitrogen and oxygen atoms in total. The summed E-state index contributed by atoms with van der Waals surface area (Å²) in [5, 5.41) is 4.83. The van der Waals surface area contributed by atoms with E-state index in [9.17, 15) is 14.0 Å². The number of amides is 1. The number of ether oxygens (including phenoxy) is 3. The number of hydrogen-bond acceptors (Lipinski definition) is 6. The number of thiophene rings is 1. The Balaban J connectivity index is 1.56. The zero-order valence-corrected chi connectivity index (χ0v) is 17.3. The molecule has 158 valence electrons. The first-order valence-electron chi connectivity index (χ1n) is 9.48. The van der Waals surface area contributed by atoms with Crippen LogP contribution in [0.15, 0.2) is 53.9 Å². The molecule has 0 radical (unpaired) electrons. The fourth-order valence-electron chi connectivity index (χ4n) is 3.04. The Morgan fingerprint density at radius 2 is 1.94 bits per heavy atom. The zero-order valence-electron chi connectivity index (χ0n) is 16.5. The van der Waals surface area contributed by atoms with Gasteiger partial charge in [0.05, 0.1) is 6.61 Å². The molecule has 0 bridgehead atoms. The number of hydrogen-bond donors (Lipinski definition) is 1. The third-order valence-corrected chi connectivity index (χ3v) is 5.38. The molecule has 1 aliphatic heterocycles. The number of carbonyl (C=O) groups is 2. The Labute approximate surface area is 181 Å². The summed E-state index contributed by atoms with van der Waals surface area (Å²) in [7, 11) is 0. The normalized spacial score (nSPS) is 12.2. The molecular weight excluding hydrogens is 421 g/mol. The molecule has 0 spiro atoms. The van der Waals surface area contributed by atoms with Crippen molar-refractivity contribution in [1.29, 1.82) is 0 Å². The second kappa shape index (κ2) is 9.01. The van der Waals surface area contributed by atoms with E-state index in [0.717, 1.165) is 5.56 Å². The van der Waals surface area contributed by atoms with Crippen LogP contribution < -0.4 is 14.8 Å². The molecule has 1 amide bonds. The molecule has 3 aromatic rings. The van der Waals surface area contributed by atoms with Crippen molar-refractivity contribution in [3.05, 3.63) is 70.9 Å². The standard InChI is InChI=1S/C23H18FNO5S/c1-2-28-23(27)21-17(15-5-7-16(24)8-6-15)12-31-22(21)25-20(26)10-4-14-3-9-18-19(11-14)30-13-29-18/h3-12H,2,13H2,1H3,(H,25,26)/b10-4+. The van der Waals surface area contributed by atoms with Crippen molar-refractivity contribution in [2.24, 2.45) is 0 Å². The summed E-state index contributed by atoms with van der Waals surface area (Å²) < 4.78 is 29.1. The number of carbonyl (C=O) groups excluding carboxylic acids is 2. The summed E-state index contributed by atoms with van der Waals surface area (Å²) in [6.45, 7) is 2.07. The lowest BCUT2D eigenvalue weighted by Crippen LogP contribution is -2.12. The maximum atomic E-state index is 13.3. The first kappa shape index (κ1) is 20.6. The van der Waals surface area contributed by atoms with Crippen LogP contribution in [0, 0.1) is 5.82 Å². The van der Waals surface area contributed by atoms with Crippen molar-refractivity contribution in [2.45, 2.75) is 6.92 Å². The van der Waals surface area contributed by atoms with E-state index in [1.54, 1.807) is 48.7 Å². The first-order chi connectivity index (χ1) is 15.0. The lowest BCUT2D eigenvalue weighted by Gasteiger charge is -2.08. The second-order valence-corrected chi connectivity index (χ2v) is 7.40. The van der Waals surface area contributed by atoms with Crippen LogP contribution in [0.4, 0.5) is 9.39 Å². The molecule has 31 heavy (non-hydrogen) atoms. The van der Waals surface area contributed by atoms with Gasteiger partial charge in [-0.1, -0.05) is 18.2 Å². The van der Waals surface area contributed by atoms with Gasteiger partial charge in [0, 0.05) is 17.0 Å². The van der Waals surface area contributed by atoms with Crippen molar-refractivity contribution in [2.75, 3.05) is 18.7 Å². The number of halogens is 1. The topological polar surface area (TPSA) is 73.9 Å². The molecule has 0 fully saturated rings. The van der Waals surface area contributed by atoms with Gasteiger partial charge in [0.2, 0.25) is 12.7 Å². The number of rotatable bonds is 6. The van der Waals surface area contributed by atoms with Crippen LogP contribution in [0.2, 0.25) is 0 Å². The van der Waals surface area contributed by atoms with Gasteiger partial charge in [0.15, 0.2) is 11.5 Å². The second-order valence-electron chi connectivity index (χ2n) is 6.52. The van der Waals surface area contributed by atoms with Crippen LogP contribution in [0.1, 0.15) is 22.8 Å². The van der Waals surface area contributed by atoms with E-state index in [4.69, 9.17) is 14.2 Å². The lowest BCUT2D eigenvalue weighted by atomic mass is 10.0. The molecule has 0 aliphatic carbocycles. The van der Waals surface area contributed by atoms with E-state index in [2.05, 4.69) is 5.32 Å². The number of esters is 1. The van der Waals surface area contributed by atoms with Gasteiger partial charge in [-0.2, -0.15) is 0 Å². The summed E-state index contributed by atoms with van der Waals surface area (Å²) in [6, 6.07) is 11.1. The van der Waals surface area contributed by atoms with Crippen LogP contribution in [-0.4, -0.2) is 25.3 Å². The fourth-order valence-corrected chi connectivity index (χ4v) is 4.00. The average Bonchev–Trinajstić information content (AvgIpc) is 3.39. The molecule has 1 aromatic heterocycles. The average molecular weight is 439 g/mol. The monoisotopic (exact) mass is 439 g/mol. The molecule has 8 heteroatoms. The van der Waals surface area contributed by atoms with E-state index in [1.807, 2.05) is 0 Å². The van der Waals surface area contributed by atoms with Gasteiger partial charge in [-0.25, -0.2) is 9.18 Å². The van der Waals surface area contributed by atoms with Gasteiger partial charge in [0.25, 0.3) is 0 Å². The van der Waals surface area contributed by atoms with Gasteiger partial charge in [-0.15, -0.1) is 11.3 Å². The highest BCUT2D eigenvalue weighted by Crippen LogP contribution is 2.36. The van der Waals surface area contributed by atoms with Gasteiger partial charge in [-0.3, -0.25) is 4.79 Å². The highest BCUT2D eigenvalue weighted by Gasteiger charge is 2.22. The molecule has 2 heterocycles. The molecule has 0 unspecified atom stereocenters. The minimum Gasteiger partial charge on any atom is -0.462 e. The van der Waals surface area contributed by atoms with Gasteiger partial charge < -0.3 is 19.5 Å². The Kier molecular flexibility index (Phi) is 5.99. The number of anilines is 1. The van der Waals surface area contributed by atoms with Crippen LogP contribution in [0.5, 0.6) is 11.5 Å². The smallest absolute Gasteiger partial charge is 0.341 e. The van der Waals surface area contributed by atoms with Crippen molar-refractivity contribution in [3.8, 4) is 22.6 Å². The molecule has 4 rings (SSSR count). The van der Waals surface area contributed by atoms with E-state index in [0.29, 0.717) is 27.6 Å². The zero-order chi connectivity index (χ0) is 21.8. The number of fused-ring (bicyclic) bond motifs is 1. The van der Waals surface area contributed by atoms with Gasteiger partial charge in [-0.05, 0) is 48.4 Å². The predicted molar refractivity (Wildman–Crippen MR) is 116 cm³/mol. The highest BCUT2D eigenvalue weighted by molar-refractivity contribution is 7.15. The maximum Gasteiger partial charge on any atom is 0.341 e. The fraction of sp³-hybridized carbons (Fsp3) is 0.130. The van der Waals surface area contributed by atoms with Crippen LogP contribution in [-0.2, 0) is 9.53 Å². The summed E-state index contributed by atoms with van der Waals surface area (Å²) in [5.74, 6) is -0.0605. The minimum atomic E-state index is -0.557. The van der Waals surface area contributed by atoms with Crippen molar-refractivity contribution in [1.82, 2.24) is 0 Å². The summed E-state index contributed by atoms with van der Waals surface area (Å²) >= 11 is 1.20. The summed E-state index contributed by atoms with van der Waals surface area (Å²) in [4.78, 5) is 25.1. The van der Waals surface area contributed by atoms with Crippen molar-refractivity contribution < 1.29 is 28.2 Å². The van der Waals surface area contributed by atoms with E-state index in [-0.39, 0.29) is 24.8 Å². The molecule has 1 N–H and O–H groups in total. The van der Waals surface area contributed by atoms with E-state index in [1.165, 1.54) is 29.5 Å². The first-order valence-corrected chi connectivity index (χ1v) is 10.4. The maximum absolute atomic E-state index is 13.3. The van der Waals surface area contributed by atoms with Crippen LogP contribution in [0.25, 0.3) is 17.2 Å². The van der Waals surface area contributed by atoms with E-state index >= 15 is 0 Å². The van der Waals surface area contributed by atoms with Crippen molar-refractivity contribution >= 4 is 34.3 Å². The highest BCUT2D eigenvalue weighted by atomic mass is 32.1. The molecule has 1 aliphatic rings. The quantitative estimate of drug-likeness (QED) is 0.427. The third-order valence-electron chi connectivity index (χ3n) is 4.49. The SMILES string of the molecule is CCOC(=O)c1c(-c2ccc(F)cc2)csc1NC(=O)/C=C/c1ccc2c(c1)OCO2. The Morgan fingerprint density at radius 1 is 1.16 bits per heavy atom. The van der Waals surface area contributed by atoms with Crippen molar-refractivity contribution in [3.63, 3.8) is 0 Å². The Hall–Kier alpha value is -3.65. The van der Waals surface area contributed by atoms with Crippen LogP contribution in [0.3, 0.4) is 0 Å².